The SMILES string of the molecule is CSC1COC(C=CC=C(c2ccc(OC(F)F)cc2)C(F)(F)F)OC1. The molecule has 0 aromatic heterocycles. The molecule has 1 heterocycles. The van der Waals surface area contributed by atoms with E-state index in [1.807, 2.05) is 6.26 Å². The summed E-state index contributed by atoms with van der Waals surface area (Å²) in [5, 5.41) is 0.204. The molecule has 1 aliphatic rings. The van der Waals surface area contributed by atoms with E-state index in [1.54, 1.807) is 11.8 Å². The summed E-state index contributed by atoms with van der Waals surface area (Å²) in [6.07, 6.45) is 0.0755. The number of thioether (sulfide) groups is 1. The van der Waals surface area contributed by atoms with E-state index in [0.717, 1.165) is 30.3 Å². The first kappa shape index (κ1) is 20.7. The van der Waals surface area contributed by atoms with Crippen molar-refractivity contribution < 1.29 is 36.2 Å². The molecule has 0 aliphatic carbocycles. The van der Waals surface area contributed by atoms with E-state index in [0.29, 0.717) is 13.2 Å². The Bertz CT molecular complexity index is 620. The van der Waals surface area contributed by atoms with Crippen LogP contribution in [0, 0.1) is 0 Å². The van der Waals surface area contributed by atoms with Crippen LogP contribution in [-0.2, 0) is 9.47 Å². The molecule has 1 aromatic rings. The van der Waals surface area contributed by atoms with Crippen LogP contribution in [0.3, 0.4) is 0 Å². The third-order valence-electron chi connectivity index (χ3n) is 3.45. The van der Waals surface area contributed by atoms with Gasteiger partial charge in [-0.25, -0.2) is 0 Å². The summed E-state index contributed by atoms with van der Waals surface area (Å²) in [6.45, 7) is -2.13. The first-order chi connectivity index (χ1) is 12.3. The molecule has 0 atom stereocenters. The summed E-state index contributed by atoms with van der Waals surface area (Å²) in [5.74, 6) is -0.215. The van der Waals surface area contributed by atoms with Crippen molar-refractivity contribution in [2.24, 2.45) is 0 Å². The molecule has 0 bridgehead atoms. The maximum Gasteiger partial charge on any atom is 0.416 e. The quantitative estimate of drug-likeness (QED) is 0.505. The van der Waals surface area contributed by atoms with Gasteiger partial charge in [-0.05, 0) is 36.1 Å². The van der Waals surface area contributed by atoms with Gasteiger partial charge in [0.25, 0.3) is 0 Å². The second-order valence-electron chi connectivity index (χ2n) is 5.26. The maximum absolute atomic E-state index is 13.3. The maximum atomic E-state index is 13.3. The van der Waals surface area contributed by atoms with Gasteiger partial charge in [0, 0.05) is 0 Å². The minimum absolute atomic E-state index is 0.170. The molecule has 0 saturated carbocycles. The number of hydrogen-bond acceptors (Lipinski definition) is 4. The lowest BCUT2D eigenvalue weighted by atomic mass is 10.0. The molecule has 0 spiro atoms. The minimum atomic E-state index is -4.62. The lowest BCUT2D eigenvalue weighted by molar-refractivity contribution is -0.146. The van der Waals surface area contributed by atoms with E-state index in [2.05, 4.69) is 4.74 Å². The van der Waals surface area contributed by atoms with Crippen molar-refractivity contribution in [3.8, 4) is 5.75 Å². The van der Waals surface area contributed by atoms with Crippen molar-refractivity contribution in [3.63, 3.8) is 0 Å². The molecule has 9 heteroatoms. The number of alkyl halides is 5. The fraction of sp³-hybridized carbons (Fsp3) is 0.412. The van der Waals surface area contributed by atoms with E-state index in [-0.39, 0.29) is 16.6 Å². The third-order valence-corrected chi connectivity index (χ3v) is 4.39. The van der Waals surface area contributed by atoms with Crippen molar-refractivity contribution >= 4 is 17.3 Å². The van der Waals surface area contributed by atoms with Gasteiger partial charge in [0.15, 0.2) is 6.29 Å². The Kier molecular flexibility index (Phi) is 7.48. The van der Waals surface area contributed by atoms with E-state index < -0.39 is 24.7 Å². The van der Waals surface area contributed by atoms with Crippen LogP contribution in [0.4, 0.5) is 22.0 Å². The highest BCUT2D eigenvalue weighted by Gasteiger charge is 2.34. The van der Waals surface area contributed by atoms with Gasteiger partial charge in [-0.1, -0.05) is 18.2 Å². The lowest BCUT2D eigenvalue weighted by Gasteiger charge is -2.26. The van der Waals surface area contributed by atoms with Crippen LogP contribution < -0.4 is 4.74 Å². The molecule has 0 amide bonds. The Balaban J connectivity index is 2.09. The van der Waals surface area contributed by atoms with Gasteiger partial charge >= 0.3 is 12.8 Å². The van der Waals surface area contributed by atoms with Crippen LogP contribution in [0.1, 0.15) is 5.56 Å². The number of hydrogen-bond donors (Lipinski definition) is 0. The monoisotopic (exact) mass is 396 g/mol. The zero-order chi connectivity index (χ0) is 19.2. The second kappa shape index (κ2) is 9.38. The van der Waals surface area contributed by atoms with E-state index in [9.17, 15) is 22.0 Å². The summed E-state index contributed by atoms with van der Waals surface area (Å²) in [6, 6.07) is 4.25. The summed E-state index contributed by atoms with van der Waals surface area (Å²) < 4.78 is 78.9. The standard InChI is InChI=1S/C17H17F5O3S/c1-26-13-9-23-15(24-10-13)4-2-3-14(17(20,21)22)11-5-7-12(8-6-11)25-16(18)19/h2-8,13,15-16H,9-10H2,1H3. The van der Waals surface area contributed by atoms with Crippen LogP contribution in [0.25, 0.3) is 5.57 Å². The van der Waals surface area contributed by atoms with Crippen LogP contribution in [-0.4, -0.2) is 43.8 Å². The summed E-state index contributed by atoms with van der Waals surface area (Å²) in [4.78, 5) is 0. The van der Waals surface area contributed by atoms with Gasteiger partial charge < -0.3 is 14.2 Å². The topological polar surface area (TPSA) is 27.7 Å². The number of rotatable bonds is 6. The van der Waals surface area contributed by atoms with Crippen molar-refractivity contribution in [2.75, 3.05) is 19.5 Å². The molecule has 2 rings (SSSR count). The highest BCUT2D eigenvalue weighted by atomic mass is 32.2. The smallest absolute Gasteiger partial charge is 0.416 e. The fourth-order valence-corrected chi connectivity index (χ4v) is 2.59. The predicted octanol–water partition coefficient (Wildman–Crippen LogP) is 4.89. The molecular formula is C17H17F5O3S. The van der Waals surface area contributed by atoms with Crippen LogP contribution >= 0.6 is 11.8 Å². The number of ether oxygens (including phenoxy) is 3. The summed E-state index contributed by atoms with van der Waals surface area (Å²) in [5.41, 5.74) is -1.09. The Morgan fingerprint density at radius 1 is 1.19 bits per heavy atom. The lowest BCUT2D eigenvalue weighted by Crippen LogP contribution is -2.32. The fourth-order valence-electron chi connectivity index (χ4n) is 2.16. The summed E-state index contributed by atoms with van der Waals surface area (Å²) >= 11 is 1.59. The highest BCUT2D eigenvalue weighted by molar-refractivity contribution is 7.99. The van der Waals surface area contributed by atoms with Gasteiger partial charge in [0.05, 0.1) is 24.0 Å². The Hall–Kier alpha value is -1.58. The molecule has 3 nitrogen and oxygen atoms in total. The third kappa shape index (κ3) is 6.30. The Morgan fingerprint density at radius 2 is 1.81 bits per heavy atom. The van der Waals surface area contributed by atoms with Crippen molar-refractivity contribution in [2.45, 2.75) is 24.3 Å². The molecule has 1 aliphatic heterocycles. The number of allylic oxidation sites excluding steroid dienone is 3. The molecular weight excluding hydrogens is 379 g/mol. The molecule has 1 aromatic carbocycles. The Labute approximate surface area is 151 Å². The van der Waals surface area contributed by atoms with Crippen molar-refractivity contribution in [1.29, 1.82) is 0 Å². The predicted molar refractivity (Wildman–Crippen MR) is 89.2 cm³/mol. The minimum Gasteiger partial charge on any atom is -0.435 e. The van der Waals surface area contributed by atoms with Crippen molar-refractivity contribution in [3.05, 3.63) is 48.1 Å². The zero-order valence-corrected chi connectivity index (χ0v) is 14.5. The average Bonchev–Trinajstić information content (AvgIpc) is 2.59. The van der Waals surface area contributed by atoms with Gasteiger partial charge in [0.1, 0.15) is 5.75 Å². The summed E-state index contributed by atoms with van der Waals surface area (Å²) in [7, 11) is 0. The molecule has 0 N–H and O–H groups in total. The van der Waals surface area contributed by atoms with E-state index in [4.69, 9.17) is 9.47 Å². The van der Waals surface area contributed by atoms with Gasteiger partial charge in [-0.2, -0.15) is 33.7 Å². The van der Waals surface area contributed by atoms with E-state index >= 15 is 0 Å². The van der Waals surface area contributed by atoms with Crippen molar-refractivity contribution in [1.82, 2.24) is 0 Å². The van der Waals surface area contributed by atoms with E-state index in [1.165, 1.54) is 12.2 Å². The van der Waals surface area contributed by atoms with Gasteiger partial charge in [-0.3, -0.25) is 0 Å². The average molecular weight is 396 g/mol. The molecule has 1 fully saturated rings. The highest BCUT2D eigenvalue weighted by Crippen LogP contribution is 2.34. The molecule has 144 valence electrons. The molecule has 0 unspecified atom stereocenters. The van der Waals surface area contributed by atoms with Crippen LogP contribution in [0.2, 0.25) is 0 Å². The molecule has 1 saturated heterocycles. The van der Waals surface area contributed by atoms with Crippen LogP contribution in [0.5, 0.6) is 5.75 Å². The first-order valence-corrected chi connectivity index (χ1v) is 8.85. The number of halogens is 5. The zero-order valence-electron chi connectivity index (χ0n) is 13.7. The Morgan fingerprint density at radius 3 is 2.31 bits per heavy atom. The second-order valence-corrected chi connectivity index (χ2v) is 6.40. The largest absolute Gasteiger partial charge is 0.435 e. The first-order valence-electron chi connectivity index (χ1n) is 7.56. The number of benzene rings is 1. The van der Waals surface area contributed by atoms with Gasteiger partial charge in [0.2, 0.25) is 0 Å². The normalized spacial score (nSPS) is 22.2. The van der Waals surface area contributed by atoms with Gasteiger partial charge in [-0.15, -0.1) is 0 Å². The molecule has 0 radical (unpaired) electrons. The molecule has 26 heavy (non-hydrogen) atoms. The van der Waals surface area contributed by atoms with Crippen LogP contribution in [0.15, 0.2) is 42.5 Å².